The molecule has 1 aliphatic heterocycles. The maximum Gasteiger partial charge on any atom is 0.175 e. The Morgan fingerprint density at radius 3 is 2.88 bits per heavy atom. The summed E-state index contributed by atoms with van der Waals surface area (Å²) < 4.78 is 28.4. The molecular weight excluding hydrogens is 226 g/mol. The van der Waals surface area contributed by atoms with Crippen molar-refractivity contribution in [2.75, 3.05) is 18.1 Å². The van der Waals surface area contributed by atoms with E-state index < -0.39 is 9.84 Å². The third kappa shape index (κ3) is 2.14. The molecule has 1 aromatic rings. The molecule has 16 heavy (non-hydrogen) atoms. The molecule has 1 aliphatic rings. The Labute approximate surface area is 95.5 Å². The second kappa shape index (κ2) is 3.97. The van der Waals surface area contributed by atoms with Crippen LogP contribution in [0.2, 0.25) is 0 Å². The fraction of sp³-hybridized carbons (Fsp3) is 0.455. The minimum absolute atomic E-state index is 0.164. The van der Waals surface area contributed by atoms with E-state index in [2.05, 4.69) is 12.2 Å². The molecular formula is C11H15NO3S. The summed E-state index contributed by atoms with van der Waals surface area (Å²) in [6, 6.07) is 4.91. The van der Waals surface area contributed by atoms with Crippen molar-refractivity contribution in [1.82, 2.24) is 0 Å². The lowest BCUT2D eigenvalue weighted by Gasteiger charge is -2.26. The van der Waals surface area contributed by atoms with Crippen LogP contribution in [0.15, 0.2) is 23.1 Å². The summed E-state index contributed by atoms with van der Waals surface area (Å²) in [4.78, 5) is 0.317. The van der Waals surface area contributed by atoms with Gasteiger partial charge in [0.15, 0.2) is 9.84 Å². The molecule has 1 heterocycles. The van der Waals surface area contributed by atoms with Gasteiger partial charge in [-0.1, -0.05) is 6.92 Å². The average Bonchev–Trinajstić information content (AvgIpc) is 2.26. The van der Waals surface area contributed by atoms with Crippen LogP contribution in [0.25, 0.3) is 0 Å². The molecule has 1 unspecified atom stereocenters. The standard InChI is InChI=1S/C11H15NO3S/c1-3-8-7-12-10-6-9(16(2,13)14)4-5-11(10)15-8/h4-6,8,12H,3,7H2,1-2H3. The quantitative estimate of drug-likeness (QED) is 0.855. The van der Waals surface area contributed by atoms with E-state index in [-0.39, 0.29) is 6.10 Å². The zero-order valence-electron chi connectivity index (χ0n) is 9.36. The van der Waals surface area contributed by atoms with E-state index in [0.717, 1.165) is 24.4 Å². The molecule has 0 fully saturated rings. The van der Waals surface area contributed by atoms with Crippen molar-refractivity contribution in [2.24, 2.45) is 0 Å². The second-order valence-corrected chi connectivity index (χ2v) is 5.97. The summed E-state index contributed by atoms with van der Waals surface area (Å²) in [5.41, 5.74) is 0.757. The van der Waals surface area contributed by atoms with E-state index in [4.69, 9.17) is 4.74 Å². The molecule has 0 saturated carbocycles. The highest BCUT2D eigenvalue weighted by Gasteiger charge is 2.19. The normalized spacial score (nSPS) is 19.5. The van der Waals surface area contributed by atoms with Gasteiger partial charge in [0, 0.05) is 6.26 Å². The van der Waals surface area contributed by atoms with Gasteiger partial charge >= 0.3 is 0 Å². The molecule has 1 atom stereocenters. The maximum atomic E-state index is 11.4. The summed E-state index contributed by atoms with van der Waals surface area (Å²) in [6.45, 7) is 2.78. The fourth-order valence-corrected chi connectivity index (χ4v) is 2.30. The number of rotatable bonds is 2. The van der Waals surface area contributed by atoms with Crippen LogP contribution in [0.5, 0.6) is 5.75 Å². The predicted molar refractivity (Wildman–Crippen MR) is 62.7 cm³/mol. The lowest BCUT2D eigenvalue weighted by atomic mass is 10.2. The van der Waals surface area contributed by atoms with Gasteiger partial charge in [0.25, 0.3) is 0 Å². The van der Waals surface area contributed by atoms with Crippen molar-refractivity contribution in [3.63, 3.8) is 0 Å². The van der Waals surface area contributed by atoms with Gasteiger partial charge < -0.3 is 10.1 Å². The number of nitrogens with one attached hydrogen (secondary N) is 1. The molecule has 0 aromatic heterocycles. The molecule has 0 spiro atoms. The summed E-state index contributed by atoms with van der Waals surface area (Å²) >= 11 is 0. The molecule has 0 amide bonds. The number of hydrogen-bond acceptors (Lipinski definition) is 4. The van der Waals surface area contributed by atoms with Gasteiger partial charge in [0.1, 0.15) is 11.9 Å². The molecule has 4 nitrogen and oxygen atoms in total. The van der Waals surface area contributed by atoms with Crippen LogP contribution >= 0.6 is 0 Å². The number of sulfone groups is 1. The fourth-order valence-electron chi connectivity index (χ4n) is 1.65. The number of hydrogen-bond donors (Lipinski definition) is 1. The summed E-state index contributed by atoms with van der Waals surface area (Å²) in [5.74, 6) is 0.727. The van der Waals surface area contributed by atoms with Gasteiger partial charge in [-0.2, -0.15) is 0 Å². The van der Waals surface area contributed by atoms with Crippen molar-refractivity contribution in [3.8, 4) is 5.75 Å². The summed E-state index contributed by atoms with van der Waals surface area (Å²) in [6.07, 6.45) is 2.30. The van der Waals surface area contributed by atoms with E-state index in [1.807, 2.05) is 0 Å². The van der Waals surface area contributed by atoms with Crippen molar-refractivity contribution in [2.45, 2.75) is 24.3 Å². The minimum Gasteiger partial charge on any atom is -0.486 e. The van der Waals surface area contributed by atoms with Crippen LogP contribution in [0, 0.1) is 0 Å². The first-order chi connectivity index (χ1) is 7.50. The average molecular weight is 241 g/mol. The largest absolute Gasteiger partial charge is 0.486 e. The Bertz CT molecular complexity index is 496. The van der Waals surface area contributed by atoms with Crippen LogP contribution < -0.4 is 10.1 Å². The maximum absolute atomic E-state index is 11.4. The highest BCUT2D eigenvalue weighted by Crippen LogP contribution is 2.31. The Morgan fingerprint density at radius 2 is 2.25 bits per heavy atom. The molecule has 1 aromatic carbocycles. The van der Waals surface area contributed by atoms with Gasteiger partial charge in [0.2, 0.25) is 0 Å². The second-order valence-electron chi connectivity index (χ2n) is 3.96. The van der Waals surface area contributed by atoms with Crippen LogP contribution in [0.1, 0.15) is 13.3 Å². The molecule has 0 saturated heterocycles. The molecule has 88 valence electrons. The molecule has 0 bridgehead atoms. The zero-order valence-corrected chi connectivity index (χ0v) is 10.2. The molecule has 0 aliphatic carbocycles. The van der Waals surface area contributed by atoms with E-state index in [0.29, 0.717) is 4.90 Å². The van der Waals surface area contributed by atoms with E-state index >= 15 is 0 Å². The first kappa shape index (κ1) is 11.3. The zero-order chi connectivity index (χ0) is 11.8. The Hall–Kier alpha value is -1.23. The Balaban J connectivity index is 2.35. The van der Waals surface area contributed by atoms with Crippen molar-refractivity contribution in [1.29, 1.82) is 0 Å². The minimum atomic E-state index is -3.15. The molecule has 1 N–H and O–H groups in total. The Morgan fingerprint density at radius 1 is 1.50 bits per heavy atom. The lowest BCUT2D eigenvalue weighted by Crippen LogP contribution is -2.30. The van der Waals surface area contributed by atoms with Crippen molar-refractivity contribution in [3.05, 3.63) is 18.2 Å². The van der Waals surface area contributed by atoms with Crippen molar-refractivity contribution < 1.29 is 13.2 Å². The SMILES string of the molecule is CCC1CNc2cc(S(C)(=O)=O)ccc2O1. The van der Waals surface area contributed by atoms with Gasteiger partial charge in [0.05, 0.1) is 17.1 Å². The number of benzene rings is 1. The number of ether oxygens (including phenoxy) is 1. The van der Waals surface area contributed by atoms with Crippen LogP contribution in [-0.4, -0.2) is 27.3 Å². The van der Waals surface area contributed by atoms with Crippen LogP contribution in [-0.2, 0) is 9.84 Å². The van der Waals surface area contributed by atoms with Gasteiger partial charge in [-0.15, -0.1) is 0 Å². The van der Waals surface area contributed by atoms with Crippen LogP contribution in [0.4, 0.5) is 5.69 Å². The molecule has 0 radical (unpaired) electrons. The monoisotopic (exact) mass is 241 g/mol. The first-order valence-electron chi connectivity index (χ1n) is 5.25. The molecule has 2 rings (SSSR count). The van der Waals surface area contributed by atoms with E-state index in [1.165, 1.54) is 6.26 Å². The first-order valence-corrected chi connectivity index (χ1v) is 7.14. The van der Waals surface area contributed by atoms with Crippen molar-refractivity contribution >= 4 is 15.5 Å². The predicted octanol–water partition coefficient (Wildman–Crippen LogP) is 1.67. The lowest BCUT2D eigenvalue weighted by molar-refractivity contribution is 0.201. The van der Waals surface area contributed by atoms with Gasteiger partial charge in [-0.3, -0.25) is 0 Å². The topological polar surface area (TPSA) is 55.4 Å². The third-order valence-corrected chi connectivity index (χ3v) is 3.76. The smallest absolute Gasteiger partial charge is 0.175 e. The summed E-state index contributed by atoms with van der Waals surface area (Å²) in [7, 11) is -3.15. The van der Waals surface area contributed by atoms with Crippen LogP contribution in [0.3, 0.4) is 0 Å². The van der Waals surface area contributed by atoms with E-state index in [9.17, 15) is 8.42 Å². The van der Waals surface area contributed by atoms with E-state index in [1.54, 1.807) is 18.2 Å². The Kier molecular flexibility index (Phi) is 2.80. The third-order valence-electron chi connectivity index (χ3n) is 2.65. The highest BCUT2D eigenvalue weighted by molar-refractivity contribution is 7.90. The summed E-state index contributed by atoms with van der Waals surface area (Å²) in [5, 5.41) is 3.19. The number of anilines is 1. The number of fused-ring (bicyclic) bond motifs is 1. The highest BCUT2D eigenvalue weighted by atomic mass is 32.2. The van der Waals surface area contributed by atoms with Gasteiger partial charge in [-0.25, -0.2) is 8.42 Å². The molecule has 5 heteroatoms. The van der Waals surface area contributed by atoms with Gasteiger partial charge in [-0.05, 0) is 24.6 Å².